The molecule has 0 radical (unpaired) electrons. The van der Waals surface area contributed by atoms with Crippen LogP contribution in [0.2, 0.25) is 0 Å². The first-order chi connectivity index (χ1) is 15.7. The van der Waals surface area contributed by atoms with Crippen molar-refractivity contribution in [3.8, 4) is 0 Å². The van der Waals surface area contributed by atoms with Crippen molar-refractivity contribution in [1.29, 1.82) is 0 Å². The first kappa shape index (κ1) is 23.3. The average Bonchev–Trinajstić information content (AvgIpc) is 3.16. The number of carbonyl (C=O) groups is 2. The molecule has 1 aliphatic rings. The summed E-state index contributed by atoms with van der Waals surface area (Å²) in [4.78, 5) is 31.7. The second kappa shape index (κ2) is 9.58. The van der Waals surface area contributed by atoms with Gasteiger partial charge in [-0.25, -0.2) is 13.4 Å². The van der Waals surface area contributed by atoms with Crippen molar-refractivity contribution in [2.45, 2.75) is 24.7 Å². The molecule has 10 heteroatoms. The van der Waals surface area contributed by atoms with Crippen LogP contribution in [0.25, 0.3) is 10.2 Å². The maximum Gasteiger partial charge on any atom is 0.238 e. The molecule has 2 N–H and O–H groups in total. The molecule has 0 spiro atoms. The van der Waals surface area contributed by atoms with Crippen LogP contribution in [-0.2, 0) is 19.4 Å². The lowest BCUT2D eigenvalue weighted by Gasteiger charge is -2.30. The molecule has 1 aliphatic heterocycles. The van der Waals surface area contributed by atoms with Crippen molar-refractivity contribution < 1.29 is 18.0 Å². The van der Waals surface area contributed by atoms with Crippen molar-refractivity contribution in [2.24, 2.45) is 5.92 Å². The topological polar surface area (TPSA) is 108 Å². The molecule has 0 unspecified atom stereocenters. The van der Waals surface area contributed by atoms with Gasteiger partial charge in [-0.05, 0) is 63.2 Å². The number of amides is 2. The average molecular weight is 487 g/mol. The molecule has 2 heterocycles. The van der Waals surface area contributed by atoms with Gasteiger partial charge in [0.15, 0.2) is 15.0 Å². The molecule has 8 nitrogen and oxygen atoms in total. The Morgan fingerprint density at radius 1 is 1.09 bits per heavy atom. The second-order valence-electron chi connectivity index (χ2n) is 8.37. The predicted octanol–water partition coefficient (Wildman–Crippen LogP) is 3.30. The lowest BCUT2D eigenvalue weighted by atomic mass is 9.96. The van der Waals surface area contributed by atoms with Crippen molar-refractivity contribution in [3.63, 3.8) is 0 Å². The van der Waals surface area contributed by atoms with Crippen molar-refractivity contribution in [2.75, 3.05) is 36.5 Å². The molecular formula is C23H26N4O4S2. The predicted molar refractivity (Wildman–Crippen MR) is 130 cm³/mol. The highest BCUT2D eigenvalue weighted by atomic mass is 32.2. The lowest BCUT2D eigenvalue weighted by molar-refractivity contribution is -0.121. The number of nitrogens with zero attached hydrogens (tertiary/aromatic N) is 2. The molecule has 33 heavy (non-hydrogen) atoms. The number of piperidine rings is 1. The summed E-state index contributed by atoms with van der Waals surface area (Å²) in [5, 5.41) is 6.24. The van der Waals surface area contributed by atoms with Gasteiger partial charge in [-0.2, -0.15) is 0 Å². The van der Waals surface area contributed by atoms with Crippen LogP contribution < -0.4 is 10.6 Å². The molecule has 3 aromatic rings. The fourth-order valence-corrected chi connectivity index (χ4v) is 5.42. The normalized spacial score (nSPS) is 15.5. The van der Waals surface area contributed by atoms with Crippen LogP contribution in [0.15, 0.2) is 47.4 Å². The van der Waals surface area contributed by atoms with Crippen molar-refractivity contribution in [1.82, 2.24) is 9.88 Å². The van der Waals surface area contributed by atoms with E-state index < -0.39 is 9.84 Å². The highest BCUT2D eigenvalue weighted by molar-refractivity contribution is 7.90. The van der Waals surface area contributed by atoms with Gasteiger partial charge in [0.05, 0.1) is 21.7 Å². The molecule has 0 aliphatic carbocycles. The van der Waals surface area contributed by atoms with Gasteiger partial charge in [0.25, 0.3) is 0 Å². The smallest absolute Gasteiger partial charge is 0.238 e. The summed E-state index contributed by atoms with van der Waals surface area (Å²) < 4.78 is 24.2. The summed E-state index contributed by atoms with van der Waals surface area (Å²) in [6, 6.07) is 12.4. The quantitative estimate of drug-likeness (QED) is 0.554. The maximum atomic E-state index is 12.7. The first-order valence-corrected chi connectivity index (χ1v) is 13.4. The van der Waals surface area contributed by atoms with Gasteiger partial charge in [0, 0.05) is 17.9 Å². The Kier molecular flexibility index (Phi) is 6.78. The van der Waals surface area contributed by atoms with E-state index in [4.69, 9.17) is 0 Å². The zero-order valence-corrected chi connectivity index (χ0v) is 20.1. The number of nitrogens with one attached hydrogen (secondary N) is 2. The zero-order chi connectivity index (χ0) is 23.6. The first-order valence-electron chi connectivity index (χ1n) is 10.7. The Balaban J connectivity index is 1.28. The molecule has 2 aromatic carbocycles. The van der Waals surface area contributed by atoms with Gasteiger partial charge >= 0.3 is 0 Å². The van der Waals surface area contributed by atoms with Crippen LogP contribution >= 0.6 is 11.3 Å². The van der Waals surface area contributed by atoms with E-state index in [9.17, 15) is 18.0 Å². The van der Waals surface area contributed by atoms with E-state index in [1.165, 1.54) is 17.4 Å². The molecule has 174 valence electrons. The highest BCUT2D eigenvalue weighted by Crippen LogP contribution is 2.29. The van der Waals surface area contributed by atoms with Crippen LogP contribution in [-0.4, -0.2) is 56.0 Å². The maximum absolute atomic E-state index is 12.7. The largest absolute Gasteiger partial charge is 0.325 e. The van der Waals surface area contributed by atoms with E-state index in [1.807, 2.05) is 31.2 Å². The molecule has 1 aromatic heterocycles. The summed E-state index contributed by atoms with van der Waals surface area (Å²) >= 11 is 1.26. The summed E-state index contributed by atoms with van der Waals surface area (Å²) in [5.74, 6) is -0.314. The minimum atomic E-state index is -3.30. The minimum Gasteiger partial charge on any atom is -0.325 e. The fourth-order valence-electron chi connectivity index (χ4n) is 3.79. The molecule has 2 amide bonds. The number of rotatable bonds is 6. The molecule has 4 rings (SSSR count). The summed E-state index contributed by atoms with van der Waals surface area (Å²) in [7, 11) is -3.30. The van der Waals surface area contributed by atoms with Crippen molar-refractivity contribution >= 4 is 54.0 Å². The standard InChI is InChI=1S/C23H26N4O4S2/c1-15-3-5-17(6-4-15)24-21(28)14-27-11-9-16(10-12-27)22(29)26-23-25-19-8-7-18(33(2,30)31)13-20(19)32-23/h3-8,13,16H,9-12,14H2,1-2H3,(H,24,28)(H,25,26,29). The van der Waals surface area contributed by atoms with Crippen molar-refractivity contribution in [3.05, 3.63) is 48.0 Å². The third-order valence-corrected chi connectivity index (χ3v) is 7.72. The highest BCUT2D eigenvalue weighted by Gasteiger charge is 2.26. The minimum absolute atomic E-state index is 0.0651. The molecule has 0 atom stereocenters. The van der Waals surface area contributed by atoms with Crippen LogP contribution in [0, 0.1) is 12.8 Å². The molecule has 1 saturated heterocycles. The number of carbonyl (C=O) groups excluding carboxylic acids is 2. The lowest BCUT2D eigenvalue weighted by Crippen LogP contribution is -2.41. The monoisotopic (exact) mass is 486 g/mol. The Bertz CT molecular complexity index is 1280. The number of fused-ring (bicyclic) bond motifs is 1. The number of hydrogen-bond donors (Lipinski definition) is 2. The molecule has 0 bridgehead atoms. The van der Waals surface area contributed by atoms with E-state index in [0.717, 1.165) is 17.5 Å². The SMILES string of the molecule is Cc1ccc(NC(=O)CN2CCC(C(=O)Nc3nc4ccc(S(C)(=O)=O)cc4s3)CC2)cc1. The molecular weight excluding hydrogens is 460 g/mol. The third-order valence-electron chi connectivity index (χ3n) is 5.68. The van der Waals surface area contributed by atoms with E-state index in [1.54, 1.807) is 12.1 Å². The Hall–Kier alpha value is -2.82. The Labute approximate surface area is 196 Å². The fraction of sp³-hybridized carbons (Fsp3) is 0.348. The van der Waals surface area contributed by atoms with Crippen LogP contribution in [0.5, 0.6) is 0 Å². The van der Waals surface area contributed by atoms with E-state index in [-0.39, 0.29) is 22.6 Å². The van der Waals surface area contributed by atoms with Gasteiger partial charge < -0.3 is 10.6 Å². The van der Waals surface area contributed by atoms with Gasteiger partial charge in [-0.1, -0.05) is 29.0 Å². The molecule has 1 fully saturated rings. The van der Waals surface area contributed by atoms with Crippen LogP contribution in [0.3, 0.4) is 0 Å². The number of hydrogen-bond acceptors (Lipinski definition) is 7. The van der Waals surface area contributed by atoms with E-state index in [2.05, 4.69) is 20.5 Å². The van der Waals surface area contributed by atoms with Crippen LogP contribution in [0.1, 0.15) is 18.4 Å². The van der Waals surface area contributed by atoms with Gasteiger partial charge in [0.1, 0.15) is 0 Å². The van der Waals surface area contributed by atoms with Gasteiger partial charge in [0.2, 0.25) is 11.8 Å². The zero-order valence-electron chi connectivity index (χ0n) is 18.5. The number of aryl methyl sites for hydroxylation is 1. The summed E-state index contributed by atoms with van der Waals surface area (Å²) in [6.07, 6.45) is 2.48. The summed E-state index contributed by atoms with van der Waals surface area (Å²) in [6.45, 7) is 3.62. The van der Waals surface area contributed by atoms with Gasteiger partial charge in [-0.15, -0.1) is 0 Å². The van der Waals surface area contributed by atoms with E-state index >= 15 is 0 Å². The Morgan fingerprint density at radius 2 is 1.79 bits per heavy atom. The number of aromatic nitrogens is 1. The number of benzene rings is 2. The van der Waals surface area contributed by atoms with E-state index in [0.29, 0.717) is 47.8 Å². The number of likely N-dealkylation sites (tertiary alicyclic amines) is 1. The molecule has 0 saturated carbocycles. The Morgan fingerprint density at radius 3 is 2.45 bits per heavy atom. The van der Waals surface area contributed by atoms with Crippen LogP contribution in [0.4, 0.5) is 10.8 Å². The second-order valence-corrected chi connectivity index (χ2v) is 11.4. The number of thiazole rings is 1. The summed E-state index contributed by atoms with van der Waals surface area (Å²) in [5.41, 5.74) is 2.56. The van der Waals surface area contributed by atoms with Gasteiger partial charge in [-0.3, -0.25) is 14.5 Å². The number of sulfone groups is 1. The number of anilines is 2. The third kappa shape index (κ3) is 5.95.